The summed E-state index contributed by atoms with van der Waals surface area (Å²) < 4.78 is 12.7. The fraction of sp³-hybridized carbons (Fsp3) is 0.769. The molecule has 1 atom stereocenters. The van der Waals surface area contributed by atoms with Crippen molar-refractivity contribution in [2.24, 2.45) is 0 Å². The topological polar surface area (TPSA) is 69.5 Å². The molecule has 1 amide bonds. The molecule has 1 saturated heterocycles. The van der Waals surface area contributed by atoms with Crippen molar-refractivity contribution in [3.05, 3.63) is 12.4 Å². The average Bonchev–Trinajstić information content (AvgIpc) is 2.87. The molecule has 7 heteroatoms. The highest BCUT2D eigenvalue weighted by molar-refractivity contribution is 5.76. The van der Waals surface area contributed by atoms with E-state index in [1.54, 1.807) is 24.2 Å². The predicted molar refractivity (Wildman–Crippen MR) is 72.0 cm³/mol. The van der Waals surface area contributed by atoms with E-state index in [9.17, 15) is 4.79 Å². The Labute approximate surface area is 118 Å². The van der Waals surface area contributed by atoms with Gasteiger partial charge in [-0.15, -0.1) is 5.10 Å². The number of morpholine rings is 1. The average molecular weight is 282 g/mol. The second kappa shape index (κ2) is 6.32. The van der Waals surface area contributed by atoms with Gasteiger partial charge in [0.2, 0.25) is 5.91 Å². The van der Waals surface area contributed by atoms with Crippen molar-refractivity contribution in [1.29, 1.82) is 0 Å². The number of nitrogens with zero attached hydrogens (tertiary/aromatic N) is 4. The van der Waals surface area contributed by atoms with Crippen LogP contribution in [0.1, 0.15) is 20.3 Å². The van der Waals surface area contributed by atoms with Gasteiger partial charge in [-0.25, -0.2) is 0 Å². The Balaban J connectivity index is 1.90. The molecule has 0 aromatic carbocycles. The molecule has 112 valence electrons. The van der Waals surface area contributed by atoms with Crippen molar-refractivity contribution < 1.29 is 14.3 Å². The first-order valence-corrected chi connectivity index (χ1v) is 6.79. The first-order valence-electron chi connectivity index (χ1n) is 6.79. The van der Waals surface area contributed by atoms with Crippen LogP contribution >= 0.6 is 0 Å². The summed E-state index contributed by atoms with van der Waals surface area (Å²) in [7, 11) is 1.64. The minimum absolute atomic E-state index is 0.0703. The number of aromatic nitrogens is 3. The lowest BCUT2D eigenvalue weighted by atomic mass is 10.0. The maximum atomic E-state index is 12.3. The van der Waals surface area contributed by atoms with Gasteiger partial charge in [0, 0.05) is 32.8 Å². The highest BCUT2D eigenvalue weighted by Crippen LogP contribution is 2.21. The van der Waals surface area contributed by atoms with Crippen LogP contribution in [-0.4, -0.2) is 64.3 Å². The Bertz CT molecular complexity index is 433. The molecular weight excluding hydrogens is 260 g/mol. The molecule has 0 spiro atoms. The monoisotopic (exact) mass is 282 g/mol. The molecule has 0 N–H and O–H groups in total. The fourth-order valence-corrected chi connectivity index (χ4v) is 2.48. The van der Waals surface area contributed by atoms with E-state index in [0.717, 1.165) is 0 Å². The summed E-state index contributed by atoms with van der Waals surface area (Å²) >= 11 is 0. The molecule has 20 heavy (non-hydrogen) atoms. The number of hydrogen-bond donors (Lipinski definition) is 0. The molecule has 0 bridgehead atoms. The van der Waals surface area contributed by atoms with Crippen LogP contribution in [-0.2, 0) is 20.8 Å². The molecule has 2 rings (SSSR count). The zero-order valence-electron chi connectivity index (χ0n) is 12.3. The summed E-state index contributed by atoms with van der Waals surface area (Å²) in [4.78, 5) is 14.2. The van der Waals surface area contributed by atoms with Crippen molar-refractivity contribution in [3.63, 3.8) is 0 Å². The van der Waals surface area contributed by atoms with Gasteiger partial charge in [0.05, 0.1) is 31.1 Å². The van der Waals surface area contributed by atoms with E-state index in [4.69, 9.17) is 9.47 Å². The third-order valence-corrected chi connectivity index (χ3v) is 3.21. The number of amides is 1. The maximum absolute atomic E-state index is 12.3. The van der Waals surface area contributed by atoms with Gasteiger partial charge < -0.3 is 14.4 Å². The van der Waals surface area contributed by atoms with Crippen LogP contribution < -0.4 is 0 Å². The molecular formula is C13H22N4O3. The fourth-order valence-electron chi connectivity index (χ4n) is 2.48. The molecule has 1 unspecified atom stereocenters. The molecule has 0 saturated carbocycles. The molecule has 0 radical (unpaired) electrons. The van der Waals surface area contributed by atoms with Crippen LogP contribution in [0.3, 0.4) is 0 Å². The van der Waals surface area contributed by atoms with Crippen LogP contribution in [0.4, 0.5) is 0 Å². The van der Waals surface area contributed by atoms with E-state index in [1.165, 1.54) is 0 Å². The van der Waals surface area contributed by atoms with Crippen LogP contribution in [0.2, 0.25) is 0 Å². The molecule has 0 aliphatic carbocycles. The van der Waals surface area contributed by atoms with E-state index < -0.39 is 0 Å². The van der Waals surface area contributed by atoms with E-state index in [-0.39, 0.29) is 17.6 Å². The lowest BCUT2D eigenvalue weighted by molar-refractivity contribution is -0.168. The van der Waals surface area contributed by atoms with Gasteiger partial charge in [-0.1, -0.05) is 5.21 Å². The number of aryl methyl sites for hydroxylation is 1. The highest BCUT2D eigenvalue weighted by Gasteiger charge is 2.35. The number of carbonyl (C=O) groups excluding carboxylic acids is 1. The molecule has 1 aromatic rings. The van der Waals surface area contributed by atoms with Gasteiger partial charge >= 0.3 is 0 Å². The van der Waals surface area contributed by atoms with Crippen molar-refractivity contribution in [1.82, 2.24) is 19.9 Å². The Morgan fingerprint density at radius 2 is 2.35 bits per heavy atom. The zero-order chi connectivity index (χ0) is 14.6. The second-order valence-corrected chi connectivity index (χ2v) is 5.65. The van der Waals surface area contributed by atoms with Crippen LogP contribution in [0.15, 0.2) is 12.4 Å². The number of carbonyl (C=O) groups is 1. The molecule has 1 fully saturated rings. The van der Waals surface area contributed by atoms with Crippen molar-refractivity contribution >= 4 is 5.91 Å². The van der Waals surface area contributed by atoms with E-state index in [2.05, 4.69) is 10.3 Å². The molecule has 1 aliphatic heterocycles. The highest BCUT2D eigenvalue weighted by atomic mass is 16.5. The second-order valence-electron chi connectivity index (χ2n) is 5.65. The first kappa shape index (κ1) is 14.9. The molecule has 1 aromatic heterocycles. The predicted octanol–water partition coefficient (Wildman–Crippen LogP) is 0.321. The third-order valence-electron chi connectivity index (χ3n) is 3.21. The van der Waals surface area contributed by atoms with Crippen LogP contribution in [0.25, 0.3) is 0 Å². The third kappa shape index (κ3) is 4.01. The van der Waals surface area contributed by atoms with Gasteiger partial charge in [0.25, 0.3) is 0 Å². The quantitative estimate of drug-likeness (QED) is 0.778. The smallest absolute Gasteiger partial charge is 0.224 e. The number of hydrogen-bond acceptors (Lipinski definition) is 5. The van der Waals surface area contributed by atoms with Crippen molar-refractivity contribution in [2.45, 2.75) is 38.5 Å². The summed E-state index contributed by atoms with van der Waals surface area (Å²) in [6.07, 6.45) is 3.71. The summed E-state index contributed by atoms with van der Waals surface area (Å²) in [5, 5.41) is 7.58. The van der Waals surface area contributed by atoms with Crippen LogP contribution in [0.5, 0.6) is 0 Å². The first-order chi connectivity index (χ1) is 9.50. The largest absolute Gasteiger partial charge is 0.382 e. The molecule has 7 nitrogen and oxygen atoms in total. The molecule has 2 heterocycles. The van der Waals surface area contributed by atoms with E-state index >= 15 is 0 Å². The Kier molecular flexibility index (Phi) is 4.72. The lowest BCUT2D eigenvalue weighted by Crippen LogP contribution is -2.55. The number of methoxy groups -OCH3 is 1. The van der Waals surface area contributed by atoms with Gasteiger partial charge in [0.15, 0.2) is 0 Å². The van der Waals surface area contributed by atoms with E-state index in [1.807, 2.05) is 18.7 Å². The number of ether oxygens (including phenoxy) is 2. The number of rotatable bonds is 5. The zero-order valence-corrected chi connectivity index (χ0v) is 12.3. The summed E-state index contributed by atoms with van der Waals surface area (Å²) in [5.74, 6) is 0.109. The summed E-state index contributed by atoms with van der Waals surface area (Å²) in [6.45, 7) is 6.21. The van der Waals surface area contributed by atoms with Crippen molar-refractivity contribution in [2.75, 3.05) is 26.8 Å². The maximum Gasteiger partial charge on any atom is 0.224 e. The van der Waals surface area contributed by atoms with Crippen molar-refractivity contribution in [3.8, 4) is 0 Å². The van der Waals surface area contributed by atoms with Gasteiger partial charge in [-0.05, 0) is 13.8 Å². The summed E-state index contributed by atoms with van der Waals surface area (Å²) in [6, 6.07) is 0. The SMILES string of the molecule is COCC1CN(C(=O)CCn2ccnn2)CC(C)(C)O1. The summed E-state index contributed by atoms with van der Waals surface area (Å²) in [5.41, 5.74) is -0.343. The normalized spacial score (nSPS) is 21.9. The lowest BCUT2D eigenvalue weighted by Gasteiger charge is -2.42. The minimum atomic E-state index is -0.343. The minimum Gasteiger partial charge on any atom is -0.382 e. The van der Waals surface area contributed by atoms with Gasteiger partial charge in [-0.2, -0.15) is 0 Å². The Morgan fingerprint density at radius 1 is 1.55 bits per heavy atom. The molecule has 1 aliphatic rings. The van der Waals surface area contributed by atoms with Gasteiger partial charge in [-0.3, -0.25) is 9.48 Å². The van der Waals surface area contributed by atoms with Crippen LogP contribution in [0, 0.1) is 0 Å². The van der Waals surface area contributed by atoms with E-state index in [0.29, 0.717) is 32.7 Å². The Hall–Kier alpha value is -1.47. The standard InChI is InChI=1S/C13H22N4O3/c1-13(2)10-16(8-11(20-13)9-19-3)12(18)4-6-17-7-5-14-15-17/h5,7,11H,4,6,8-10H2,1-3H3. The Morgan fingerprint density at radius 3 is 3.00 bits per heavy atom. The van der Waals surface area contributed by atoms with Gasteiger partial charge in [0.1, 0.15) is 0 Å².